The van der Waals surface area contributed by atoms with Crippen molar-refractivity contribution in [3.63, 3.8) is 0 Å². The third kappa shape index (κ3) is 11.2. The first-order valence-electron chi connectivity index (χ1n) is 23.8. The Morgan fingerprint density at radius 2 is 1.64 bits per heavy atom. The Morgan fingerprint density at radius 3 is 2.32 bits per heavy atom. The van der Waals surface area contributed by atoms with Crippen molar-refractivity contribution < 1.29 is 43.3 Å². The molecule has 0 radical (unpaired) electrons. The van der Waals surface area contributed by atoms with Gasteiger partial charge in [-0.2, -0.15) is 0 Å². The lowest BCUT2D eigenvalue weighted by Crippen LogP contribution is -2.76. The van der Waals surface area contributed by atoms with Crippen LogP contribution < -0.4 is 22.1 Å². The van der Waals surface area contributed by atoms with E-state index < -0.39 is 29.6 Å². The molecule has 10 atom stereocenters. The number of allylic oxidation sites excluding steroid dienone is 1. The molecule has 6 heterocycles. The summed E-state index contributed by atoms with van der Waals surface area (Å²) < 4.78 is 27.9. The van der Waals surface area contributed by atoms with Crippen molar-refractivity contribution >= 4 is 17.8 Å². The average molecular weight is 832 g/mol. The number of nitrogens with two attached hydrogens (primary N) is 2. The maximum atomic E-state index is 14.1. The molecular formula is C45H79N6O8+. The van der Waals surface area contributed by atoms with Gasteiger partial charge in [0, 0.05) is 32.2 Å². The molecule has 336 valence electrons. The fourth-order valence-corrected chi connectivity index (χ4v) is 10.8. The number of carbonyl (C=O) groups is 2. The number of morpholine rings is 1. The molecule has 3 fully saturated rings. The van der Waals surface area contributed by atoms with Gasteiger partial charge in [-0.25, -0.2) is 10.6 Å². The van der Waals surface area contributed by atoms with Crippen LogP contribution in [0, 0.1) is 5.92 Å². The van der Waals surface area contributed by atoms with Crippen molar-refractivity contribution in [3.8, 4) is 0 Å². The molecule has 14 heteroatoms. The molecule has 0 aliphatic carbocycles. The lowest BCUT2D eigenvalue weighted by molar-refractivity contribution is -0.609. The number of esters is 1. The number of unbranched alkanes of at least 4 members (excludes halogenated alkanes) is 11. The van der Waals surface area contributed by atoms with E-state index in [0.29, 0.717) is 32.0 Å². The van der Waals surface area contributed by atoms with E-state index in [4.69, 9.17) is 30.4 Å². The van der Waals surface area contributed by atoms with Gasteiger partial charge in [0.1, 0.15) is 6.10 Å². The molecule has 0 saturated carbocycles. The monoisotopic (exact) mass is 832 g/mol. The highest BCUT2D eigenvalue weighted by Crippen LogP contribution is 2.46. The van der Waals surface area contributed by atoms with Crippen molar-refractivity contribution in [2.24, 2.45) is 17.4 Å². The Balaban J connectivity index is 0.854. The molecule has 0 unspecified atom stereocenters. The molecule has 0 aromatic carbocycles. The van der Waals surface area contributed by atoms with Gasteiger partial charge in [0.15, 0.2) is 17.9 Å². The van der Waals surface area contributed by atoms with Gasteiger partial charge >= 0.3 is 11.9 Å². The minimum atomic E-state index is -1.85. The van der Waals surface area contributed by atoms with Gasteiger partial charge in [0.05, 0.1) is 30.9 Å². The number of rotatable bonds is 22. The third-order valence-corrected chi connectivity index (χ3v) is 13.9. The predicted molar refractivity (Wildman–Crippen MR) is 226 cm³/mol. The summed E-state index contributed by atoms with van der Waals surface area (Å²) in [6, 6.07) is 0.362. The standard InChI is InChI=1S/C45H78N6O8/c1-3-35-21-15-16-25-43(58-35)32-34-23-24-36-38(44(26-18-20-33(2)57-44)49-42(48-43)51(34)36)40(53)56-31-17-13-11-9-7-5-4-6-8-10-12-14-22-37-39(52)50(30-19-28-46)41(54)45(55,59-37)27-29-47/h15,21,33-38,41,54-55H,3-14,16-20,22-32,46-47H2,1-2H3,(H,48,49)/p+1/t33-,34+,35+,36+,37-,38-,41-,43+,44-,45-/m0/s1. The third-order valence-electron chi connectivity index (χ3n) is 13.9. The highest BCUT2D eigenvalue weighted by Gasteiger charge is 2.65. The quantitative estimate of drug-likeness (QED) is 0.0380. The van der Waals surface area contributed by atoms with Gasteiger partial charge in [0.2, 0.25) is 11.5 Å². The summed E-state index contributed by atoms with van der Waals surface area (Å²) in [6.45, 7) is 5.57. The molecule has 14 nitrogen and oxygen atoms in total. The van der Waals surface area contributed by atoms with E-state index in [1.54, 1.807) is 0 Å². The zero-order valence-corrected chi connectivity index (χ0v) is 36.4. The summed E-state index contributed by atoms with van der Waals surface area (Å²) >= 11 is 0. The van der Waals surface area contributed by atoms with E-state index in [-0.39, 0.29) is 55.6 Å². The number of amides is 1. The fourth-order valence-electron chi connectivity index (χ4n) is 10.8. The van der Waals surface area contributed by atoms with Crippen molar-refractivity contribution in [3.05, 3.63) is 12.2 Å². The SMILES string of the molecule is CC[C@@H]1C=CCC[C@]2(C[C@H]3CC[C@@H]4[C@@H](C(=O)OCCCCCCCCCCCCCC[C@@H]5O[C@@](O)(CCN)[C@H](O)N(CCCN)C5=O)[C@@]5(CCC[C@H](C)O5)NC(=[N+]34)N2)O1. The molecule has 0 bridgehead atoms. The zero-order chi connectivity index (χ0) is 41.9. The summed E-state index contributed by atoms with van der Waals surface area (Å²) in [7, 11) is 0. The number of ether oxygens (including phenoxy) is 4. The van der Waals surface area contributed by atoms with E-state index in [1.807, 2.05) is 0 Å². The van der Waals surface area contributed by atoms with Gasteiger partial charge in [-0.15, -0.1) is 0 Å². The Hall–Kier alpha value is -2.33. The molecule has 0 aromatic rings. The van der Waals surface area contributed by atoms with Crippen LogP contribution in [-0.2, 0) is 28.5 Å². The minimum absolute atomic E-state index is 0.0464. The van der Waals surface area contributed by atoms with Gasteiger partial charge in [0.25, 0.3) is 5.91 Å². The van der Waals surface area contributed by atoms with Gasteiger partial charge in [-0.3, -0.25) is 14.2 Å². The summed E-state index contributed by atoms with van der Waals surface area (Å²) in [4.78, 5) is 28.4. The molecule has 1 amide bonds. The first kappa shape index (κ1) is 46.2. The fraction of sp³-hybridized carbons (Fsp3) is 0.889. The Bertz CT molecular complexity index is 1430. The van der Waals surface area contributed by atoms with Crippen molar-refractivity contribution in [2.75, 3.05) is 26.2 Å². The number of carbonyl (C=O) groups excluding carboxylic acids is 2. The lowest BCUT2D eigenvalue weighted by Gasteiger charge is -2.50. The predicted octanol–water partition coefficient (Wildman–Crippen LogP) is 4.77. The van der Waals surface area contributed by atoms with Crippen LogP contribution in [0.3, 0.4) is 0 Å². The number of aliphatic hydroxyl groups excluding tert-OH is 1. The highest BCUT2D eigenvalue weighted by molar-refractivity contribution is 5.82. The summed E-state index contributed by atoms with van der Waals surface area (Å²) in [5.74, 6) is -1.65. The second kappa shape index (κ2) is 21.6. The van der Waals surface area contributed by atoms with Crippen LogP contribution in [0.5, 0.6) is 0 Å². The van der Waals surface area contributed by atoms with Gasteiger partial charge < -0.3 is 45.5 Å². The highest BCUT2D eigenvalue weighted by atomic mass is 16.7. The second-order valence-electron chi connectivity index (χ2n) is 18.5. The Kier molecular flexibility index (Phi) is 16.9. The number of hydrogen-bond donors (Lipinski definition) is 6. The van der Waals surface area contributed by atoms with Crippen LogP contribution in [0.25, 0.3) is 0 Å². The van der Waals surface area contributed by atoms with Crippen LogP contribution >= 0.6 is 0 Å². The van der Waals surface area contributed by atoms with Crippen molar-refractivity contribution in [2.45, 2.75) is 222 Å². The maximum Gasteiger partial charge on any atom is 0.350 e. The number of nitrogens with zero attached hydrogens (tertiary/aromatic N) is 2. The van der Waals surface area contributed by atoms with Crippen molar-refractivity contribution in [1.82, 2.24) is 15.5 Å². The molecule has 6 aliphatic heterocycles. The molecular weight excluding hydrogens is 753 g/mol. The van der Waals surface area contributed by atoms with Crippen LogP contribution in [-0.4, -0.2) is 118 Å². The topological polar surface area (TPSA) is 194 Å². The molecule has 59 heavy (non-hydrogen) atoms. The Labute approximate surface area is 353 Å². The second-order valence-corrected chi connectivity index (χ2v) is 18.5. The maximum absolute atomic E-state index is 14.1. The first-order valence-corrected chi connectivity index (χ1v) is 23.8. The smallest absolute Gasteiger partial charge is 0.350 e. The molecule has 8 N–H and O–H groups in total. The van der Waals surface area contributed by atoms with E-state index in [0.717, 1.165) is 109 Å². The summed E-state index contributed by atoms with van der Waals surface area (Å²) in [5.41, 5.74) is 10.1. The first-order chi connectivity index (χ1) is 28.6. The van der Waals surface area contributed by atoms with E-state index >= 15 is 0 Å². The number of hydrogen-bond acceptors (Lipinski definition) is 12. The van der Waals surface area contributed by atoms with Gasteiger partial charge in [-0.05, 0) is 77.8 Å². The molecule has 6 aliphatic rings. The minimum Gasteiger partial charge on any atom is -0.465 e. The molecule has 2 spiro atoms. The number of aliphatic hydroxyl groups is 2. The van der Waals surface area contributed by atoms with Crippen LogP contribution in [0.4, 0.5) is 0 Å². The van der Waals surface area contributed by atoms with Crippen LogP contribution in [0.15, 0.2) is 12.2 Å². The van der Waals surface area contributed by atoms with E-state index in [2.05, 4.69) is 41.2 Å². The zero-order valence-electron chi connectivity index (χ0n) is 36.4. The van der Waals surface area contributed by atoms with Crippen molar-refractivity contribution in [1.29, 1.82) is 0 Å². The number of guanidine groups is 1. The van der Waals surface area contributed by atoms with E-state index in [1.165, 1.54) is 37.0 Å². The molecule has 6 rings (SSSR count). The van der Waals surface area contributed by atoms with Gasteiger partial charge in [-0.1, -0.05) is 89.7 Å². The lowest BCUT2D eigenvalue weighted by atomic mass is 9.80. The Morgan fingerprint density at radius 1 is 0.932 bits per heavy atom. The molecule has 3 saturated heterocycles. The largest absolute Gasteiger partial charge is 0.465 e. The summed E-state index contributed by atoms with van der Waals surface area (Å²) in [5, 5.41) is 29.2. The average Bonchev–Trinajstić information content (AvgIpc) is 3.52. The normalized spacial score (nSPS) is 35.5. The molecule has 0 aromatic heterocycles. The summed E-state index contributed by atoms with van der Waals surface area (Å²) in [6.07, 6.45) is 25.3. The van der Waals surface area contributed by atoms with Crippen LogP contribution in [0.2, 0.25) is 0 Å². The number of nitrogens with one attached hydrogen (secondary N) is 2. The van der Waals surface area contributed by atoms with E-state index in [9.17, 15) is 19.8 Å². The van der Waals surface area contributed by atoms with Crippen LogP contribution in [0.1, 0.15) is 168 Å².